The van der Waals surface area contributed by atoms with Crippen molar-refractivity contribution in [1.29, 1.82) is 0 Å². The Kier molecular flexibility index (Phi) is 6.82. The molecule has 0 aliphatic heterocycles. The molecule has 1 aliphatic carbocycles. The van der Waals surface area contributed by atoms with Gasteiger partial charge in [0.2, 0.25) is 5.91 Å². The highest BCUT2D eigenvalue weighted by atomic mass is 35.5. The van der Waals surface area contributed by atoms with Crippen LogP contribution in [-0.2, 0) is 11.3 Å². The maximum absolute atomic E-state index is 12.1. The van der Waals surface area contributed by atoms with Crippen molar-refractivity contribution < 1.29 is 9.53 Å². The molecule has 20 heavy (non-hydrogen) atoms. The molecule has 112 valence electrons. The molecule has 2 rings (SSSR count). The van der Waals surface area contributed by atoms with Crippen molar-refractivity contribution in [3.8, 4) is 5.75 Å². The smallest absolute Gasteiger partial charge is 0.223 e. The minimum absolute atomic E-state index is 0. The van der Waals surface area contributed by atoms with Crippen LogP contribution in [0.4, 0.5) is 0 Å². The van der Waals surface area contributed by atoms with Crippen LogP contribution < -0.4 is 15.8 Å². The number of methoxy groups -OCH3 is 1. The quantitative estimate of drug-likeness (QED) is 0.875. The first-order valence-electron chi connectivity index (χ1n) is 6.85. The third-order valence-corrected chi connectivity index (χ3v) is 3.90. The summed E-state index contributed by atoms with van der Waals surface area (Å²) in [5.74, 6) is 1.39. The van der Waals surface area contributed by atoms with E-state index in [1.807, 2.05) is 24.3 Å². The molecule has 0 heterocycles. The summed E-state index contributed by atoms with van der Waals surface area (Å²) in [6, 6.07) is 7.75. The van der Waals surface area contributed by atoms with Gasteiger partial charge < -0.3 is 15.8 Å². The Morgan fingerprint density at radius 2 is 2.25 bits per heavy atom. The lowest BCUT2D eigenvalue weighted by Crippen LogP contribution is -2.34. The van der Waals surface area contributed by atoms with Crippen molar-refractivity contribution in [2.75, 3.05) is 13.7 Å². The van der Waals surface area contributed by atoms with Gasteiger partial charge in [-0.15, -0.1) is 12.4 Å². The van der Waals surface area contributed by atoms with Gasteiger partial charge in [0.05, 0.1) is 7.11 Å². The van der Waals surface area contributed by atoms with Crippen molar-refractivity contribution in [2.24, 2.45) is 17.6 Å². The van der Waals surface area contributed by atoms with Gasteiger partial charge in [-0.05, 0) is 43.0 Å². The average molecular weight is 299 g/mol. The van der Waals surface area contributed by atoms with Crippen molar-refractivity contribution in [3.63, 3.8) is 0 Å². The molecule has 4 nitrogen and oxygen atoms in total. The summed E-state index contributed by atoms with van der Waals surface area (Å²) in [4.78, 5) is 12.1. The van der Waals surface area contributed by atoms with Crippen LogP contribution in [0.25, 0.3) is 0 Å². The molecule has 1 amide bonds. The Hall–Kier alpha value is -1.26. The van der Waals surface area contributed by atoms with Gasteiger partial charge in [-0.2, -0.15) is 0 Å². The van der Waals surface area contributed by atoms with Crippen LogP contribution >= 0.6 is 12.4 Å². The number of hydrogen-bond donors (Lipinski definition) is 2. The van der Waals surface area contributed by atoms with Gasteiger partial charge in [-0.25, -0.2) is 0 Å². The lowest BCUT2D eigenvalue weighted by Gasteiger charge is -2.17. The first-order chi connectivity index (χ1) is 9.24. The molecule has 0 bridgehead atoms. The largest absolute Gasteiger partial charge is 0.497 e. The number of benzene rings is 1. The topological polar surface area (TPSA) is 64.3 Å². The fourth-order valence-electron chi connectivity index (χ4n) is 2.77. The number of amides is 1. The third-order valence-electron chi connectivity index (χ3n) is 3.90. The predicted octanol–water partition coefficient (Wildman–Crippen LogP) is 2.11. The fraction of sp³-hybridized carbons (Fsp3) is 0.533. The van der Waals surface area contributed by atoms with Gasteiger partial charge in [0.25, 0.3) is 0 Å². The molecule has 1 fully saturated rings. The predicted molar refractivity (Wildman–Crippen MR) is 82.0 cm³/mol. The molecule has 0 radical (unpaired) electrons. The van der Waals surface area contributed by atoms with Crippen molar-refractivity contribution >= 4 is 18.3 Å². The van der Waals surface area contributed by atoms with E-state index in [1.54, 1.807) is 7.11 Å². The molecular formula is C15H23ClN2O2. The first kappa shape index (κ1) is 16.8. The van der Waals surface area contributed by atoms with E-state index in [1.165, 1.54) is 0 Å². The molecule has 0 aromatic heterocycles. The summed E-state index contributed by atoms with van der Waals surface area (Å²) in [5.41, 5.74) is 6.76. The summed E-state index contributed by atoms with van der Waals surface area (Å²) in [6.07, 6.45) is 3.15. The summed E-state index contributed by atoms with van der Waals surface area (Å²) < 4.78 is 5.17. The second-order valence-corrected chi connectivity index (χ2v) is 5.10. The highest BCUT2D eigenvalue weighted by molar-refractivity contribution is 5.85. The molecule has 1 aliphatic rings. The lowest BCUT2D eigenvalue weighted by molar-refractivity contribution is -0.126. The maximum atomic E-state index is 12.1. The van der Waals surface area contributed by atoms with Crippen LogP contribution in [0.2, 0.25) is 0 Å². The molecule has 3 N–H and O–H groups in total. The second kappa shape index (κ2) is 8.12. The summed E-state index contributed by atoms with van der Waals surface area (Å²) in [7, 11) is 1.64. The molecule has 0 saturated heterocycles. The van der Waals surface area contributed by atoms with Gasteiger partial charge in [0, 0.05) is 12.5 Å². The zero-order valence-electron chi connectivity index (χ0n) is 11.8. The zero-order chi connectivity index (χ0) is 13.7. The third kappa shape index (κ3) is 4.12. The van der Waals surface area contributed by atoms with Gasteiger partial charge in [0.15, 0.2) is 0 Å². The Labute approximate surface area is 126 Å². The van der Waals surface area contributed by atoms with E-state index in [4.69, 9.17) is 10.5 Å². The monoisotopic (exact) mass is 298 g/mol. The van der Waals surface area contributed by atoms with Crippen LogP contribution in [0.5, 0.6) is 5.75 Å². The number of rotatable bonds is 5. The normalized spacial score (nSPS) is 21.1. The molecule has 2 atom stereocenters. The molecule has 5 heteroatoms. The van der Waals surface area contributed by atoms with Crippen molar-refractivity contribution in [3.05, 3.63) is 29.8 Å². The Balaban J connectivity index is 0.00000200. The minimum atomic E-state index is 0. The van der Waals surface area contributed by atoms with E-state index in [2.05, 4.69) is 5.32 Å². The van der Waals surface area contributed by atoms with Crippen molar-refractivity contribution in [2.45, 2.75) is 25.8 Å². The van der Waals surface area contributed by atoms with Crippen LogP contribution in [0, 0.1) is 11.8 Å². The van der Waals surface area contributed by atoms with Crippen LogP contribution in [-0.4, -0.2) is 19.6 Å². The Bertz CT molecular complexity index is 440. The van der Waals surface area contributed by atoms with Gasteiger partial charge >= 0.3 is 0 Å². The van der Waals surface area contributed by atoms with Gasteiger partial charge in [-0.3, -0.25) is 4.79 Å². The van der Waals surface area contributed by atoms with Gasteiger partial charge in [-0.1, -0.05) is 18.6 Å². The first-order valence-corrected chi connectivity index (χ1v) is 6.85. The van der Waals surface area contributed by atoms with E-state index in [-0.39, 0.29) is 24.2 Å². The molecule has 1 aromatic carbocycles. The highest BCUT2D eigenvalue weighted by Crippen LogP contribution is 2.31. The molecule has 0 spiro atoms. The number of halogens is 1. The van der Waals surface area contributed by atoms with E-state index in [9.17, 15) is 4.79 Å². The number of carbonyl (C=O) groups excluding carboxylic acids is 1. The summed E-state index contributed by atoms with van der Waals surface area (Å²) >= 11 is 0. The average Bonchev–Trinajstić information content (AvgIpc) is 2.93. The van der Waals surface area contributed by atoms with E-state index >= 15 is 0 Å². The Morgan fingerprint density at radius 1 is 1.45 bits per heavy atom. The molecule has 1 saturated carbocycles. The number of nitrogens with two attached hydrogens (primary N) is 1. The fourth-order valence-corrected chi connectivity index (χ4v) is 2.77. The SMILES string of the molecule is COc1cccc(CNC(=O)[C@@H]2CCC[C@@H]2CN)c1.Cl. The summed E-state index contributed by atoms with van der Waals surface area (Å²) in [5, 5.41) is 3.01. The molecule has 0 unspecified atom stereocenters. The van der Waals surface area contributed by atoms with E-state index < -0.39 is 0 Å². The van der Waals surface area contributed by atoms with Crippen LogP contribution in [0.1, 0.15) is 24.8 Å². The van der Waals surface area contributed by atoms with E-state index in [0.717, 1.165) is 30.6 Å². The van der Waals surface area contributed by atoms with Crippen molar-refractivity contribution in [1.82, 2.24) is 5.32 Å². The standard InChI is InChI=1S/C15H22N2O2.ClH/c1-19-13-6-2-4-11(8-13)10-17-15(18)14-7-3-5-12(14)9-16;/h2,4,6,8,12,14H,3,5,7,9-10,16H2,1H3,(H,17,18);1H/t12-,14-;/m1./s1. The highest BCUT2D eigenvalue weighted by Gasteiger charge is 2.31. The molecule has 1 aromatic rings. The number of carbonyl (C=O) groups is 1. The Morgan fingerprint density at radius 3 is 2.95 bits per heavy atom. The number of nitrogens with one attached hydrogen (secondary N) is 1. The number of hydrogen-bond acceptors (Lipinski definition) is 3. The minimum Gasteiger partial charge on any atom is -0.497 e. The maximum Gasteiger partial charge on any atom is 0.223 e. The van der Waals surface area contributed by atoms with Crippen LogP contribution in [0.15, 0.2) is 24.3 Å². The van der Waals surface area contributed by atoms with Crippen LogP contribution in [0.3, 0.4) is 0 Å². The second-order valence-electron chi connectivity index (χ2n) is 5.10. The number of ether oxygens (including phenoxy) is 1. The molecular weight excluding hydrogens is 276 g/mol. The lowest BCUT2D eigenvalue weighted by atomic mass is 9.95. The summed E-state index contributed by atoms with van der Waals surface area (Å²) in [6.45, 7) is 1.15. The van der Waals surface area contributed by atoms with Gasteiger partial charge in [0.1, 0.15) is 5.75 Å². The van der Waals surface area contributed by atoms with E-state index in [0.29, 0.717) is 19.0 Å². The zero-order valence-corrected chi connectivity index (χ0v) is 12.6.